The van der Waals surface area contributed by atoms with Crippen molar-refractivity contribution in [2.24, 2.45) is 0 Å². The number of carbonyl (C=O) groups excluding carboxylic acids is 1. The van der Waals surface area contributed by atoms with Gasteiger partial charge in [-0.15, -0.1) is 12.4 Å². The number of rotatable bonds is 5. The van der Waals surface area contributed by atoms with Gasteiger partial charge in [0.05, 0.1) is 4.92 Å². The Morgan fingerprint density at radius 3 is 2.83 bits per heavy atom. The Bertz CT molecular complexity index is 579. The molecule has 1 fully saturated rings. The van der Waals surface area contributed by atoms with Gasteiger partial charge in [-0.05, 0) is 32.0 Å². The van der Waals surface area contributed by atoms with E-state index in [0.717, 1.165) is 19.5 Å². The molecule has 0 spiro atoms. The predicted octanol–water partition coefficient (Wildman–Crippen LogP) is 2.26. The van der Waals surface area contributed by atoms with Crippen LogP contribution in [-0.4, -0.2) is 48.0 Å². The summed E-state index contributed by atoms with van der Waals surface area (Å²) in [5, 5.41) is 14.5. The fourth-order valence-corrected chi connectivity index (χ4v) is 2.58. The maximum absolute atomic E-state index is 12.4. The van der Waals surface area contributed by atoms with E-state index in [1.807, 2.05) is 0 Å². The van der Waals surface area contributed by atoms with Crippen LogP contribution < -0.4 is 10.1 Å². The van der Waals surface area contributed by atoms with Gasteiger partial charge in [-0.2, -0.15) is 0 Å². The fourth-order valence-electron chi connectivity index (χ4n) is 2.41. The van der Waals surface area contributed by atoms with E-state index in [4.69, 9.17) is 16.3 Å². The quantitative estimate of drug-likeness (QED) is 0.640. The molecule has 9 heteroatoms. The summed E-state index contributed by atoms with van der Waals surface area (Å²) in [6.07, 6.45) is 0.0706. The van der Waals surface area contributed by atoms with Gasteiger partial charge in [-0.1, -0.05) is 11.6 Å². The highest BCUT2D eigenvalue weighted by atomic mass is 35.5. The normalized spacial score (nSPS) is 18.0. The van der Waals surface area contributed by atoms with E-state index in [9.17, 15) is 14.9 Å². The number of halogens is 2. The van der Waals surface area contributed by atoms with Crippen molar-refractivity contribution in [2.45, 2.75) is 25.5 Å². The first kappa shape index (κ1) is 19.5. The van der Waals surface area contributed by atoms with Gasteiger partial charge >= 0.3 is 5.69 Å². The number of likely N-dealkylation sites (N-methyl/N-ethyl adjacent to an activating group) is 1. The average molecular weight is 364 g/mol. The van der Waals surface area contributed by atoms with Crippen LogP contribution in [-0.2, 0) is 4.79 Å². The molecule has 1 heterocycles. The molecule has 7 nitrogen and oxygen atoms in total. The summed E-state index contributed by atoms with van der Waals surface area (Å²) in [5.41, 5.74) is -0.252. The molecule has 1 aromatic rings. The zero-order valence-electron chi connectivity index (χ0n) is 12.8. The molecule has 128 valence electrons. The minimum Gasteiger partial charge on any atom is -0.474 e. The van der Waals surface area contributed by atoms with Crippen LogP contribution in [0.2, 0.25) is 5.02 Å². The van der Waals surface area contributed by atoms with Gasteiger partial charge in [0, 0.05) is 30.7 Å². The second kappa shape index (κ2) is 8.33. The Kier molecular flexibility index (Phi) is 7.05. The van der Waals surface area contributed by atoms with Gasteiger partial charge in [0.2, 0.25) is 0 Å². The average Bonchev–Trinajstić information content (AvgIpc) is 3.01. The lowest BCUT2D eigenvalue weighted by atomic mass is 10.2. The van der Waals surface area contributed by atoms with Crippen LogP contribution in [0.4, 0.5) is 5.69 Å². The summed E-state index contributed by atoms with van der Waals surface area (Å²) < 4.78 is 5.49. The van der Waals surface area contributed by atoms with Crippen molar-refractivity contribution in [3.63, 3.8) is 0 Å². The molecule has 1 aliphatic heterocycles. The van der Waals surface area contributed by atoms with Crippen LogP contribution in [0, 0.1) is 10.1 Å². The van der Waals surface area contributed by atoms with Crippen LogP contribution in [0.15, 0.2) is 18.2 Å². The monoisotopic (exact) mass is 363 g/mol. The zero-order chi connectivity index (χ0) is 16.3. The standard InChI is InChI=1S/C14H18ClN3O4.ClH/c1-9(14(19)17(2)11-5-6-16-8-11)22-13-4-3-10(15)7-12(13)18(20)21;/h3-4,7,9,11,16H,5-6,8H2,1-2H3;1H. The molecule has 23 heavy (non-hydrogen) atoms. The van der Waals surface area contributed by atoms with Crippen LogP contribution in [0.3, 0.4) is 0 Å². The van der Waals surface area contributed by atoms with Gasteiger partial charge in [-0.25, -0.2) is 0 Å². The highest BCUT2D eigenvalue weighted by molar-refractivity contribution is 6.30. The Hall–Kier alpha value is -1.57. The van der Waals surface area contributed by atoms with Crippen LogP contribution in [0.25, 0.3) is 0 Å². The van der Waals surface area contributed by atoms with E-state index in [0.29, 0.717) is 0 Å². The molecule has 2 unspecified atom stereocenters. The molecule has 0 saturated carbocycles. The predicted molar refractivity (Wildman–Crippen MR) is 89.5 cm³/mol. The molecule has 2 rings (SSSR count). The number of hydrogen-bond donors (Lipinski definition) is 1. The SMILES string of the molecule is CC(Oc1ccc(Cl)cc1[N+](=O)[O-])C(=O)N(C)C1CCNC1.Cl. The smallest absolute Gasteiger partial charge is 0.312 e. The van der Waals surface area contributed by atoms with Crippen molar-refractivity contribution in [3.8, 4) is 5.75 Å². The van der Waals surface area contributed by atoms with E-state index < -0.39 is 11.0 Å². The van der Waals surface area contributed by atoms with E-state index in [1.54, 1.807) is 18.9 Å². The highest BCUT2D eigenvalue weighted by Gasteiger charge is 2.29. The zero-order valence-corrected chi connectivity index (χ0v) is 14.4. The van der Waals surface area contributed by atoms with Crippen LogP contribution >= 0.6 is 24.0 Å². The molecule has 1 aliphatic rings. The number of nitrogens with one attached hydrogen (secondary N) is 1. The summed E-state index contributed by atoms with van der Waals surface area (Å²) >= 11 is 5.75. The summed E-state index contributed by atoms with van der Waals surface area (Å²) in [6.45, 7) is 3.20. The van der Waals surface area contributed by atoms with Crippen LogP contribution in [0.1, 0.15) is 13.3 Å². The molecule has 2 atom stereocenters. The summed E-state index contributed by atoms with van der Waals surface area (Å²) in [5.74, 6) is -0.175. The lowest BCUT2D eigenvalue weighted by Crippen LogP contribution is -2.44. The Morgan fingerprint density at radius 1 is 1.57 bits per heavy atom. The molecule has 0 bridgehead atoms. The number of nitro benzene ring substituents is 1. The van der Waals surface area contributed by atoms with Crippen molar-refractivity contribution >= 4 is 35.6 Å². The van der Waals surface area contributed by atoms with E-state index in [-0.39, 0.29) is 40.8 Å². The maximum atomic E-state index is 12.4. The minimum atomic E-state index is -0.814. The van der Waals surface area contributed by atoms with Gasteiger partial charge < -0.3 is 15.0 Å². The summed E-state index contributed by atoms with van der Waals surface area (Å²) in [4.78, 5) is 24.4. The third-order valence-electron chi connectivity index (χ3n) is 3.70. The number of nitro groups is 1. The number of carbonyl (C=O) groups is 1. The molecule has 1 saturated heterocycles. The Morgan fingerprint density at radius 2 is 2.26 bits per heavy atom. The molecule has 1 amide bonds. The highest BCUT2D eigenvalue weighted by Crippen LogP contribution is 2.30. The van der Waals surface area contributed by atoms with E-state index in [1.165, 1.54) is 18.2 Å². The first-order valence-electron chi connectivity index (χ1n) is 6.98. The first-order chi connectivity index (χ1) is 10.4. The van der Waals surface area contributed by atoms with E-state index in [2.05, 4.69) is 5.32 Å². The lowest BCUT2D eigenvalue weighted by molar-refractivity contribution is -0.386. The fraction of sp³-hybridized carbons (Fsp3) is 0.500. The minimum absolute atomic E-state index is 0. The molecular formula is C14H19Cl2N3O4. The molecule has 1 aromatic carbocycles. The van der Waals surface area contributed by atoms with Crippen molar-refractivity contribution < 1.29 is 14.5 Å². The van der Waals surface area contributed by atoms with Crippen molar-refractivity contribution in [1.29, 1.82) is 0 Å². The second-order valence-corrected chi connectivity index (χ2v) is 5.66. The molecule has 0 aromatic heterocycles. The number of benzene rings is 1. The Labute approximate surface area is 145 Å². The number of ether oxygens (including phenoxy) is 1. The maximum Gasteiger partial charge on any atom is 0.312 e. The lowest BCUT2D eigenvalue weighted by Gasteiger charge is -2.26. The van der Waals surface area contributed by atoms with Crippen LogP contribution in [0.5, 0.6) is 5.75 Å². The van der Waals surface area contributed by atoms with Crippen molar-refractivity contribution in [2.75, 3.05) is 20.1 Å². The van der Waals surface area contributed by atoms with Gasteiger partial charge in [0.15, 0.2) is 11.9 Å². The Balaban J connectivity index is 0.00000264. The summed E-state index contributed by atoms with van der Waals surface area (Å²) in [6, 6.07) is 4.23. The number of amides is 1. The molecule has 0 aliphatic carbocycles. The second-order valence-electron chi connectivity index (χ2n) is 5.23. The third-order valence-corrected chi connectivity index (χ3v) is 3.93. The molecule has 1 N–H and O–H groups in total. The van der Waals surface area contributed by atoms with E-state index >= 15 is 0 Å². The number of hydrogen-bond acceptors (Lipinski definition) is 5. The largest absolute Gasteiger partial charge is 0.474 e. The summed E-state index contributed by atoms with van der Waals surface area (Å²) in [7, 11) is 1.72. The van der Waals surface area contributed by atoms with Crippen molar-refractivity contribution in [1.82, 2.24) is 10.2 Å². The van der Waals surface area contributed by atoms with Gasteiger partial charge in [-0.3, -0.25) is 14.9 Å². The third kappa shape index (κ3) is 4.70. The van der Waals surface area contributed by atoms with Crippen molar-refractivity contribution in [3.05, 3.63) is 33.3 Å². The molecule has 0 radical (unpaired) electrons. The molecular weight excluding hydrogens is 345 g/mol. The first-order valence-corrected chi connectivity index (χ1v) is 7.36. The topological polar surface area (TPSA) is 84.7 Å². The van der Waals surface area contributed by atoms with Gasteiger partial charge in [0.25, 0.3) is 5.91 Å². The number of nitrogens with zero attached hydrogens (tertiary/aromatic N) is 2. The van der Waals surface area contributed by atoms with Gasteiger partial charge in [0.1, 0.15) is 0 Å².